The Morgan fingerprint density at radius 3 is 1.39 bits per heavy atom. The number of unbranched alkanes of at least 4 members (excludes halogenated alkanes) is 12. The highest BCUT2D eigenvalue weighted by molar-refractivity contribution is 5.67. The van der Waals surface area contributed by atoms with Crippen molar-refractivity contribution in [2.45, 2.75) is 305 Å². The van der Waals surface area contributed by atoms with Crippen molar-refractivity contribution in [1.82, 2.24) is 5.32 Å². The van der Waals surface area contributed by atoms with Crippen molar-refractivity contribution in [3.63, 3.8) is 0 Å². The number of nitrogens with one attached hydrogen (secondary N) is 1. The summed E-state index contributed by atoms with van der Waals surface area (Å²) in [6.07, 6.45) is 35.0. The van der Waals surface area contributed by atoms with E-state index in [9.17, 15) is 9.59 Å². The van der Waals surface area contributed by atoms with Crippen LogP contribution >= 0.6 is 0 Å². The van der Waals surface area contributed by atoms with Crippen molar-refractivity contribution in [2.75, 3.05) is 6.54 Å². The first-order valence-corrected chi connectivity index (χ1v) is 28.2. The molecule has 0 radical (unpaired) electrons. The van der Waals surface area contributed by atoms with Crippen molar-refractivity contribution < 1.29 is 19.4 Å². The van der Waals surface area contributed by atoms with Gasteiger partial charge in [-0.1, -0.05) is 221 Å². The molecule has 0 bridgehead atoms. The number of carboxylic acids is 1. The summed E-state index contributed by atoms with van der Waals surface area (Å²) in [6, 6.07) is 0. The lowest BCUT2D eigenvalue weighted by Crippen LogP contribution is -2.46. The SMILES string of the molecule is C=CCCCCCCCCNC(=O)OC1CCC2C(CCC3C4CCCC4CCC23)C1.CC.CC.CC.CC.CC.CC.CC.CC.CCCCC(=O)O.CCCCCCCC. The molecule has 0 saturated heterocycles. The first-order chi connectivity index (χ1) is 30.4. The number of rotatable bonds is 18. The molecule has 5 heteroatoms. The number of ether oxygens (including phenoxy) is 1. The Hall–Kier alpha value is -1.52. The standard InChI is InChI=1S/C28H47NO2.C8H18.C5H10O2.8C2H6/c1-2-3-4-5-6-7-8-9-19-29-28(30)31-23-15-18-25-22(20-23)14-17-26-24-12-10-11-21(24)13-16-27(25)26;1-3-5-7-8-6-4-2;1-2-3-4-5(6)7;8*1-2/h2,21-27H,1,3-20H2,(H,29,30);3-8H2,1-2H3;2-4H2,1H3,(H,6,7);8*1-2H3. The van der Waals surface area contributed by atoms with Gasteiger partial charge in [0.1, 0.15) is 6.10 Å². The predicted molar refractivity (Wildman–Crippen MR) is 285 cm³/mol. The van der Waals surface area contributed by atoms with Gasteiger partial charge in [0.2, 0.25) is 0 Å². The monoisotopic (exact) mass is 886 g/mol. The van der Waals surface area contributed by atoms with Crippen LogP contribution in [0.2, 0.25) is 0 Å². The van der Waals surface area contributed by atoms with E-state index in [1.54, 1.807) is 0 Å². The Balaban J connectivity index is -0.000000162. The van der Waals surface area contributed by atoms with Crippen LogP contribution in [-0.4, -0.2) is 29.8 Å². The highest BCUT2D eigenvalue weighted by Crippen LogP contribution is 2.58. The number of fused-ring (bicyclic) bond motifs is 5. The Kier molecular flexibility index (Phi) is 79.7. The molecule has 4 rings (SSSR count). The first-order valence-electron chi connectivity index (χ1n) is 28.2. The summed E-state index contributed by atoms with van der Waals surface area (Å²) in [7, 11) is 0. The van der Waals surface area contributed by atoms with Crippen LogP contribution in [0, 0.1) is 35.5 Å². The number of allylic oxidation sites excluding steroid dienone is 1. The number of carbonyl (C=O) groups excluding carboxylic acids is 1. The molecule has 7 unspecified atom stereocenters. The van der Waals surface area contributed by atoms with E-state index in [0.29, 0.717) is 6.42 Å². The quantitative estimate of drug-likeness (QED) is 0.106. The van der Waals surface area contributed by atoms with Gasteiger partial charge in [-0.25, -0.2) is 4.79 Å². The van der Waals surface area contributed by atoms with E-state index in [4.69, 9.17) is 9.84 Å². The number of carboxylic acid groups (broad SMARTS) is 1. The zero-order valence-electron chi connectivity index (χ0n) is 46.6. The average Bonchev–Trinajstić information content (AvgIpc) is 3.84. The van der Waals surface area contributed by atoms with Crippen LogP contribution in [0.15, 0.2) is 12.7 Å². The summed E-state index contributed by atoms with van der Waals surface area (Å²) in [5.74, 6) is 5.20. The lowest BCUT2D eigenvalue weighted by molar-refractivity contribution is -0.137. The number of hydrogen-bond acceptors (Lipinski definition) is 3. The number of amides is 1. The number of alkyl carbamates (subject to hydrolysis) is 1. The fraction of sp³-hybridized carbons (Fsp3) is 0.930. The molecule has 1 amide bonds. The third-order valence-corrected chi connectivity index (χ3v) is 11.7. The third kappa shape index (κ3) is 42.4. The van der Waals surface area contributed by atoms with Crippen LogP contribution in [0.5, 0.6) is 0 Å². The normalized spacial score (nSPS) is 21.4. The first kappa shape index (κ1) is 74.8. The van der Waals surface area contributed by atoms with E-state index in [1.807, 2.05) is 124 Å². The fourth-order valence-corrected chi connectivity index (χ4v) is 9.22. The topological polar surface area (TPSA) is 75.6 Å². The Morgan fingerprint density at radius 2 is 0.935 bits per heavy atom. The van der Waals surface area contributed by atoms with Crippen LogP contribution in [0.1, 0.15) is 298 Å². The zero-order valence-corrected chi connectivity index (χ0v) is 46.6. The second-order valence-corrected chi connectivity index (χ2v) is 15.1. The van der Waals surface area contributed by atoms with E-state index < -0.39 is 5.97 Å². The molecule has 0 spiro atoms. The molecule has 4 aliphatic rings. The minimum Gasteiger partial charge on any atom is -0.481 e. The Bertz CT molecular complexity index is 796. The molecule has 4 aliphatic carbocycles. The van der Waals surface area contributed by atoms with Crippen molar-refractivity contribution >= 4 is 12.1 Å². The third-order valence-electron chi connectivity index (χ3n) is 11.7. The second kappa shape index (κ2) is 66.1. The highest BCUT2D eigenvalue weighted by Gasteiger charge is 2.49. The van der Waals surface area contributed by atoms with Gasteiger partial charge in [0.05, 0.1) is 0 Å². The molecule has 0 aromatic carbocycles. The van der Waals surface area contributed by atoms with Gasteiger partial charge in [-0.15, -0.1) is 6.58 Å². The van der Waals surface area contributed by atoms with Gasteiger partial charge in [0.25, 0.3) is 0 Å². The molecule has 0 heterocycles. The summed E-state index contributed by atoms with van der Waals surface area (Å²) in [5.41, 5.74) is 0. The molecule has 2 N–H and O–H groups in total. The molecule has 0 aromatic rings. The molecule has 4 saturated carbocycles. The van der Waals surface area contributed by atoms with Crippen LogP contribution in [0.3, 0.4) is 0 Å². The van der Waals surface area contributed by atoms with E-state index in [-0.39, 0.29) is 12.2 Å². The highest BCUT2D eigenvalue weighted by atomic mass is 16.6. The van der Waals surface area contributed by atoms with E-state index >= 15 is 0 Å². The Labute approximate surface area is 394 Å². The summed E-state index contributed by atoms with van der Waals surface area (Å²) < 4.78 is 5.86. The second-order valence-electron chi connectivity index (χ2n) is 15.1. The fourth-order valence-electron chi connectivity index (χ4n) is 9.22. The van der Waals surface area contributed by atoms with Gasteiger partial charge in [0, 0.05) is 13.0 Å². The van der Waals surface area contributed by atoms with Crippen LogP contribution in [0.4, 0.5) is 4.79 Å². The lowest BCUT2D eigenvalue weighted by atomic mass is 9.53. The largest absolute Gasteiger partial charge is 0.481 e. The minimum absolute atomic E-state index is 0.158. The molecular weight excluding hydrogens is 763 g/mol. The van der Waals surface area contributed by atoms with Crippen LogP contribution in [-0.2, 0) is 9.53 Å². The predicted octanol–water partition coefficient (Wildman–Crippen LogP) is 20.5. The molecule has 7 atom stereocenters. The maximum Gasteiger partial charge on any atom is 0.407 e. The maximum absolute atomic E-state index is 12.3. The molecule has 380 valence electrons. The Morgan fingerprint density at radius 1 is 0.516 bits per heavy atom. The van der Waals surface area contributed by atoms with Crippen molar-refractivity contribution in [3.05, 3.63) is 12.7 Å². The van der Waals surface area contributed by atoms with Crippen molar-refractivity contribution in [1.29, 1.82) is 0 Å². The smallest absolute Gasteiger partial charge is 0.407 e. The van der Waals surface area contributed by atoms with Crippen LogP contribution in [0.25, 0.3) is 0 Å². The molecule has 5 nitrogen and oxygen atoms in total. The number of aliphatic carboxylic acids is 1. The maximum atomic E-state index is 12.3. The van der Waals surface area contributed by atoms with Gasteiger partial charge in [-0.2, -0.15) is 0 Å². The summed E-state index contributed by atoms with van der Waals surface area (Å²) in [5, 5.41) is 11.1. The van der Waals surface area contributed by atoms with E-state index in [2.05, 4.69) is 25.7 Å². The molecular formula is C57H123NO4. The summed E-state index contributed by atoms with van der Waals surface area (Å²) in [4.78, 5) is 22.0. The van der Waals surface area contributed by atoms with Gasteiger partial charge in [-0.3, -0.25) is 4.79 Å². The van der Waals surface area contributed by atoms with E-state index in [1.165, 1.54) is 122 Å². The van der Waals surface area contributed by atoms with Gasteiger partial charge < -0.3 is 15.2 Å². The van der Waals surface area contributed by atoms with Crippen molar-refractivity contribution in [2.24, 2.45) is 35.5 Å². The molecule has 4 fully saturated rings. The van der Waals surface area contributed by atoms with E-state index in [0.717, 1.165) is 80.6 Å². The van der Waals surface area contributed by atoms with Gasteiger partial charge in [-0.05, 0) is 113 Å². The molecule has 62 heavy (non-hydrogen) atoms. The number of carbonyl (C=O) groups is 2. The number of hydrogen-bond donors (Lipinski definition) is 2. The zero-order chi connectivity index (χ0) is 49.4. The van der Waals surface area contributed by atoms with Crippen molar-refractivity contribution in [3.8, 4) is 0 Å². The summed E-state index contributed by atoms with van der Waals surface area (Å²) >= 11 is 0. The van der Waals surface area contributed by atoms with Gasteiger partial charge in [0.15, 0.2) is 0 Å². The van der Waals surface area contributed by atoms with Crippen LogP contribution < -0.4 is 5.32 Å². The molecule has 0 aliphatic heterocycles. The van der Waals surface area contributed by atoms with Gasteiger partial charge >= 0.3 is 12.1 Å². The lowest BCUT2D eigenvalue weighted by Gasteiger charge is -2.52. The average molecular weight is 887 g/mol. The molecule has 0 aromatic heterocycles. The minimum atomic E-state index is -0.693. The summed E-state index contributed by atoms with van der Waals surface area (Å²) in [6.45, 7) is 43.0.